The minimum absolute atomic E-state index is 0.0596. The molecule has 2 aromatic rings. The van der Waals surface area contributed by atoms with Gasteiger partial charge in [0.25, 0.3) is 5.91 Å². The third kappa shape index (κ3) is 5.74. The second kappa shape index (κ2) is 8.92. The molecule has 144 valence electrons. The number of ether oxygens (including phenoxy) is 2. The molecule has 8 heteroatoms. The quantitative estimate of drug-likeness (QED) is 0.752. The van der Waals surface area contributed by atoms with Crippen LogP contribution in [0, 0.1) is 0 Å². The summed E-state index contributed by atoms with van der Waals surface area (Å²) >= 11 is 6.03. The molecule has 6 nitrogen and oxygen atoms in total. The van der Waals surface area contributed by atoms with Gasteiger partial charge in [-0.3, -0.25) is 4.79 Å². The van der Waals surface area contributed by atoms with Crippen molar-refractivity contribution in [2.24, 2.45) is 0 Å². The van der Waals surface area contributed by atoms with Gasteiger partial charge in [-0.2, -0.15) is 0 Å². The third-order valence-corrected chi connectivity index (χ3v) is 4.99. The molecular formula is C19H20ClNO5S. The van der Waals surface area contributed by atoms with Crippen LogP contribution in [0.1, 0.15) is 12.5 Å². The van der Waals surface area contributed by atoms with Crippen LogP contribution in [0.5, 0.6) is 11.5 Å². The van der Waals surface area contributed by atoms with Gasteiger partial charge in [-0.25, -0.2) is 8.42 Å². The van der Waals surface area contributed by atoms with E-state index in [9.17, 15) is 13.2 Å². The number of methoxy groups -OCH3 is 1. The van der Waals surface area contributed by atoms with Gasteiger partial charge >= 0.3 is 0 Å². The molecule has 2 rings (SSSR count). The molecule has 0 saturated heterocycles. The lowest BCUT2D eigenvalue weighted by molar-refractivity contribution is -0.118. The molecule has 0 aliphatic rings. The summed E-state index contributed by atoms with van der Waals surface area (Å²) in [6.07, 6.45) is 4.89. The second-order valence-electron chi connectivity index (χ2n) is 5.66. The lowest BCUT2D eigenvalue weighted by Crippen LogP contribution is -2.20. The van der Waals surface area contributed by atoms with Crippen molar-refractivity contribution in [3.8, 4) is 11.5 Å². The van der Waals surface area contributed by atoms with Crippen LogP contribution < -0.4 is 14.8 Å². The number of allylic oxidation sites excluding steroid dienone is 1. The number of hydrogen-bond donors (Lipinski definition) is 1. The maximum Gasteiger partial charge on any atom is 0.262 e. The first-order valence-electron chi connectivity index (χ1n) is 7.97. The Balaban J connectivity index is 2.09. The molecule has 2 aromatic carbocycles. The van der Waals surface area contributed by atoms with Crippen LogP contribution in [0.2, 0.25) is 5.02 Å². The number of hydrogen-bond acceptors (Lipinski definition) is 5. The predicted octanol–water partition coefficient (Wildman–Crippen LogP) is 3.80. The summed E-state index contributed by atoms with van der Waals surface area (Å²) in [6, 6.07) is 9.43. The monoisotopic (exact) mass is 409 g/mol. The van der Waals surface area contributed by atoms with Crippen LogP contribution in [0.4, 0.5) is 5.69 Å². The molecule has 0 fully saturated rings. The van der Waals surface area contributed by atoms with Crippen LogP contribution in [0.15, 0.2) is 47.4 Å². The Kier molecular flexibility index (Phi) is 6.87. The normalized spacial score (nSPS) is 11.4. The minimum atomic E-state index is -3.41. The summed E-state index contributed by atoms with van der Waals surface area (Å²) < 4.78 is 34.1. The first-order chi connectivity index (χ1) is 12.7. The number of nitrogens with one attached hydrogen (secondary N) is 1. The lowest BCUT2D eigenvalue weighted by atomic mass is 10.2. The molecule has 0 spiro atoms. The number of sulfone groups is 1. The van der Waals surface area contributed by atoms with Crippen LogP contribution in [-0.4, -0.2) is 34.3 Å². The van der Waals surface area contributed by atoms with E-state index in [0.29, 0.717) is 11.5 Å². The zero-order valence-electron chi connectivity index (χ0n) is 15.2. The number of amides is 1. The van der Waals surface area contributed by atoms with Gasteiger partial charge in [-0.15, -0.1) is 0 Å². The minimum Gasteiger partial charge on any atom is -0.493 e. The highest BCUT2D eigenvalue weighted by Gasteiger charge is 2.13. The van der Waals surface area contributed by atoms with Crippen molar-refractivity contribution in [3.63, 3.8) is 0 Å². The maximum atomic E-state index is 12.2. The molecule has 0 aliphatic carbocycles. The van der Waals surface area contributed by atoms with E-state index in [4.69, 9.17) is 21.1 Å². The Morgan fingerprint density at radius 1 is 1.19 bits per heavy atom. The van der Waals surface area contributed by atoms with Gasteiger partial charge in [0, 0.05) is 6.26 Å². The largest absolute Gasteiger partial charge is 0.493 e. The molecule has 0 aliphatic heterocycles. The van der Waals surface area contributed by atoms with Gasteiger partial charge < -0.3 is 14.8 Å². The molecule has 0 saturated carbocycles. The number of halogens is 1. The standard InChI is InChI=1S/C19H20ClNO5S/c1-4-5-13-6-9-17(18(10-13)25-2)26-12-19(22)21-16-11-14(27(3,23)24)7-8-15(16)20/h4-11H,12H2,1-3H3,(H,21,22). The summed E-state index contributed by atoms with van der Waals surface area (Å²) in [5, 5.41) is 2.78. The molecule has 0 radical (unpaired) electrons. The van der Waals surface area contributed by atoms with E-state index >= 15 is 0 Å². The summed E-state index contributed by atoms with van der Waals surface area (Å²) in [6.45, 7) is 1.61. The highest BCUT2D eigenvalue weighted by molar-refractivity contribution is 7.90. The molecule has 0 bridgehead atoms. The Labute approximate surface area is 163 Å². The summed E-state index contributed by atoms with van der Waals surface area (Å²) in [4.78, 5) is 12.2. The highest BCUT2D eigenvalue weighted by atomic mass is 35.5. The van der Waals surface area contributed by atoms with E-state index in [-0.39, 0.29) is 22.2 Å². The SMILES string of the molecule is CC=Cc1ccc(OCC(=O)Nc2cc(S(C)(=O)=O)ccc2Cl)c(OC)c1. The fourth-order valence-electron chi connectivity index (χ4n) is 2.26. The average molecular weight is 410 g/mol. The van der Waals surface area contributed by atoms with Crippen molar-refractivity contribution < 1.29 is 22.7 Å². The van der Waals surface area contributed by atoms with Gasteiger partial charge in [0.2, 0.25) is 0 Å². The van der Waals surface area contributed by atoms with E-state index in [1.165, 1.54) is 25.3 Å². The van der Waals surface area contributed by atoms with Gasteiger partial charge in [-0.05, 0) is 42.8 Å². The predicted molar refractivity (Wildman–Crippen MR) is 106 cm³/mol. The topological polar surface area (TPSA) is 81.7 Å². The molecule has 1 amide bonds. The van der Waals surface area contributed by atoms with E-state index in [1.54, 1.807) is 12.1 Å². The third-order valence-electron chi connectivity index (χ3n) is 3.55. The zero-order valence-corrected chi connectivity index (χ0v) is 16.7. The summed E-state index contributed by atoms with van der Waals surface area (Å²) in [5.74, 6) is 0.425. The smallest absolute Gasteiger partial charge is 0.262 e. The van der Waals surface area contributed by atoms with Crippen molar-refractivity contribution in [2.75, 3.05) is 25.3 Å². The van der Waals surface area contributed by atoms with Crippen molar-refractivity contribution in [1.82, 2.24) is 0 Å². The summed E-state index contributed by atoms with van der Waals surface area (Å²) in [7, 11) is -1.90. The summed E-state index contributed by atoms with van der Waals surface area (Å²) in [5.41, 5.74) is 1.14. The number of rotatable bonds is 7. The molecule has 1 N–H and O–H groups in total. The van der Waals surface area contributed by atoms with Crippen molar-refractivity contribution >= 4 is 39.1 Å². The van der Waals surface area contributed by atoms with Crippen LogP contribution >= 0.6 is 11.6 Å². The van der Waals surface area contributed by atoms with Crippen LogP contribution in [0.3, 0.4) is 0 Å². The van der Waals surface area contributed by atoms with E-state index in [1.807, 2.05) is 25.1 Å². The van der Waals surface area contributed by atoms with E-state index in [0.717, 1.165) is 11.8 Å². The van der Waals surface area contributed by atoms with Crippen LogP contribution in [0.25, 0.3) is 6.08 Å². The number of carbonyl (C=O) groups excluding carboxylic acids is 1. The number of anilines is 1. The second-order valence-corrected chi connectivity index (χ2v) is 8.08. The molecule has 0 unspecified atom stereocenters. The first kappa shape index (κ1) is 20.8. The maximum absolute atomic E-state index is 12.2. The van der Waals surface area contributed by atoms with Crippen molar-refractivity contribution in [1.29, 1.82) is 0 Å². The van der Waals surface area contributed by atoms with Crippen LogP contribution in [-0.2, 0) is 14.6 Å². The molecule has 0 heterocycles. The Morgan fingerprint density at radius 2 is 1.93 bits per heavy atom. The zero-order chi connectivity index (χ0) is 20.0. The van der Waals surface area contributed by atoms with Gasteiger partial charge in [0.15, 0.2) is 27.9 Å². The first-order valence-corrected chi connectivity index (χ1v) is 10.2. The molecular weight excluding hydrogens is 390 g/mol. The van der Waals surface area contributed by atoms with Gasteiger partial charge in [0.05, 0.1) is 22.7 Å². The van der Waals surface area contributed by atoms with Gasteiger partial charge in [-0.1, -0.05) is 29.8 Å². The molecule has 0 aromatic heterocycles. The lowest BCUT2D eigenvalue weighted by Gasteiger charge is -2.12. The van der Waals surface area contributed by atoms with Crippen molar-refractivity contribution in [2.45, 2.75) is 11.8 Å². The fraction of sp³-hybridized carbons (Fsp3) is 0.211. The Hall–Kier alpha value is -2.51. The number of benzene rings is 2. The highest BCUT2D eigenvalue weighted by Crippen LogP contribution is 2.29. The van der Waals surface area contributed by atoms with E-state index in [2.05, 4.69) is 5.32 Å². The molecule has 0 atom stereocenters. The Morgan fingerprint density at radius 3 is 2.56 bits per heavy atom. The fourth-order valence-corrected chi connectivity index (χ4v) is 3.07. The average Bonchev–Trinajstić information content (AvgIpc) is 2.61. The van der Waals surface area contributed by atoms with Crippen molar-refractivity contribution in [3.05, 3.63) is 53.1 Å². The van der Waals surface area contributed by atoms with Gasteiger partial charge in [0.1, 0.15) is 0 Å². The van der Waals surface area contributed by atoms with E-state index < -0.39 is 15.7 Å². The molecule has 27 heavy (non-hydrogen) atoms. The number of carbonyl (C=O) groups is 1. The Bertz CT molecular complexity index is 970.